The third-order valence-corrected chi connectivity index (χ3v) is 5.44. The van der Waals surface area contributed by atoms with E-state index >= 15 is 0 Å². The number of carbonyl (C=O) groups is 2. The fourth-order valence-electron chi connectivity index (χ4n) is 2.03. The number of benzene rings is 2. The molecule has 0 spiro atoms. The Hall–Kier alpha value is -2.32. The molecule has 0 fully saturated rings. The van der Waals surface area contributed by atoms with Gasteiger partial charge in [-0.25, -0.2) is 0 Å². The number of nitrogens with one attached hydrogen (secondary N) is 2. The lowest BCUT2D eigenvalue weighted by Crippen LogP contribution is -2.31. The number of phenolic OH excluding ortho intramolecular Hbond substituents is 2. The molecular weight excluding hydrogens is 384 g/mol. The number of rotatable bonds is 10. The smallest absolute Gasteiger partial charge is 0.230 e. The lowest BCUT2D eigenvalue weighted by Gasteiger charge is -2.07. The van der Waals surface area contributed by atoms with Gasteiger partial charge in [-0.1, -0.05) is 0 Å². The molecule has 144 valence electrons. The van der Waals surface area contributed by atoms with Crippen LogP contribution in [-0.2, 0) is 9.59 Å². The Morgan fingerprint density at radius 2 is 1.07 bits per heavy atom. The summed E-state index contributed by atoms with van der Waals surface area (Å²) in [7, 11) is 0. The van der Waals surface area contributed by atoms with E-state index in [0.717, 1.165) is 9.79 Å². The number of aromatic hydroxyl groups is 2. The number of amides is 2. The normalized spacial score (nSPS) is 10.4. The Morgan fingerprint density at radius 1 is 0.704 bits per heavy atom. The van der Waals surface area contributed by atoms with E-state index in [2.05, 4.69) is 10.6 Å². The summed E-state index contributed by atoms with van der Waals surface area (Å²) in [5.41, 5.74) is 0. The zero-order valence-corrected chi connectivity index (χ0v) is 16.3. The number of thioether (sulfide) groups is 2. The van der Waals surface area contributed by atoms with Gasteiger partial charge < -0.3 is 20.8 Å². The molecule has 0 aliphatic heterocycles. The summed E-state index contributed by atoms with van der Waals surface area (Å²) >= 11 is 2.80. The van der Waals surface area contributed by atoms with Gasteiger partial charge in [0.1, 0.15) is 11.5 Å². The van der Waals surface area contributed by atoms with Crippen LogP contribution in [-0.4, -0.2) is 46.6 Å². The largest absolute Gasteiger partial charge is 0.508 e. The van der Waals surface area contributed by atoms with Crippen molar-refractivity contribution in [3.63, 3.8) is 0 Å². The maximum atomic E-state index is 11.8. The number of phenols is 2. The average Bonchev–Trinajstić information content (AvgIpc) is 2.67. The quantitative estimate of drug-likeness (QED) is 0.358. The van der Waals surface area contributed by atoms with Crippen molar-refractivity contribution in [3.8, 4) is 11.5 Å². The van der Waals surface area contributed by atoms with Gasteiger partial charge in [0, 0.05) is 22.9 Å². The Morgan fingerprint density at radius 3 is 1.44 bits per heavy atom. The van der Waals surface area contributed by atoms with E-state index in [1.54, 1.807) is 48.5 Å². The molecule has 27 heavy (non-hydrogen) atoms. The zero-order valence-electron chi connectivity index (χ0n) is 14.7. The second-order valence-electron chi connectivity index (χ2n) is 5.62. The van der Waals surface area contributed by atoms with Crippen LogP contribution in [0, 0.1) is 0 Å². The third-order valence-electron chi connectivity index (χ3n) is 3.41. The summed E-state index contributed by atoms with van der Waals surface area (Å²) < 4.78 is 0. The molecular formula is C19H22N2O4S2. The second kappa shape index (κ2) is 11.4. The van der Waals surface area contributed by atoms with E-state index in [1.807, 2.05) is 0 Å². The van der Waals surface area contributed by atoms with E-state index in [-0.39, 0.29) is 23.3 Å². The monoisotopic (exact) mass is 406 g/mol. The van der Waals surface area contributed by atoms with Crippen molar-refractivity contribution in [2.45, 2.75) is 16.2 Å². The molecule has 0 saturated heterocycles. The van der Waals surface area contributed by atoms with Crippen molar-refractivity contribution in [2.75, 3.05) is 24.6 Å². The summed E-state index contributed by atoms with van der Waals surface area (Å²) in [5.74, 6) is 0.880. The van der Waals surface area contributed by atoms with E-state index < -0.39 is 0 Å². The molecule has 0 aliphatic rings. The van der Waals surface area contributed by atoms with Gasteiger partial charge >= 0.3 is 0 Å². The fourth-order valence-corrected chi connectivity index (χ4v) is 3.49. The molecule has 2 rings (SSSR count). The molecule has 0 bridgehead atoms. The number of hydrogen-bond acceptors (Lipinski definition) is 6. The van der Waals surface area contributed by atoms with E-state index in [9.17, 15) is 19.8 Å². The van der Waals surface area contributed by atoms with Crippen molar-refractivity contribution >= 4 is 35.3 Å². The van der Waals surface area contributed by atoms with Gasteiger partial charge in [-0.05, 0) is 55.0 Å². The highest BCUT2D eigenvalue weighted by molar-refractivity contribution is 8.00. The minimum absolute atomic E-state index is 0.0673. The summed E-state index contributed by atoms with van der Waals surface area (Å²) in [6, 6.07) is 13.4. The molecule has 6 nitrogen and oxygen atoms in total. The van der Waals surface area contributed by atoms with Crippen molar-refractivity contribution in [2.24, 2.45) is 0 Å². The first-order valence-electron chi connectivity index (χ1n) is 8.40. The van der Waals surface area contributed by atoms with Gasteiger partial charge in [0.05, 0.1) is 11.5 Å². The fraction of sp³-hybridized carbons (Fsp3) is 0.263. The maximum absolute atomic E-state index is 11.8. The first-order chi connectivity index (χ1) is 13.0. The highest BCUT2D eigenvalue weighted by Gasteiger charge is 2.04. The summed E-state index contributed by atoms with van der Waals surface area (Å²) in [6.45, 7) is 1.00. The van der Waals surface area contributed by atoms with Crippen molar-refractivity contribution in [1.29, 1.82) is 0 Å². The standard InChI is InChI=1S/C19H22N2O4S2/c22-14-2-6-16(7-3-14)26-12-18(24)20-10-1-11-21-19(25)13-27-17-8-4-15(23)5-9-17/h2-9,22-23H,1,10-13H2,(H,20,24)(H,21,25). The summed E-state index contributed by atoms with van der Waals surface area (Å²) in [4.78, 5) is 25.4. The van der Waals surface area contributed by atoms with Crippen LogP contribution in [0.3, 0.4) is 0 Å². The van der Waals surface area contributed by atoms with E-state index in [1.165, 1.54) is 23.5 Å². The molecule has 0 atom stereocenters. The van der Waals surface area contributed by atoms with Crippen molar-refractivity contribution < 1.29 is 19.8 Å². The molecule has 8 heteroatoms. The lowest BCUT2D eigenvalue weighted by molar-refractivity contribution is -0.118. The van der Waals surface area contributed by atoms with Crippen LogP contribution >= 0.6 is 23.5 Å². The van der Waals surface area contributed by atoms with Crippen LogP contribution in [0.1, 0.15) is 6.42 Å². The highest BCUT2D eigenvalue weighted by Crippen LogP contribution is 2.21. The van der Waals surface area contributed by atoms with Gasteiger partial charge in [0.15, 0.2) is 0 Å². The molecule has 2 aromatic carbocycles. The molecule has 0 radical (unpaired) electrons. The van der Waals surface area contributed by atoms with Crippen molar-refractivity contribution in [3.05, 3.63) is 48.5 Å². The number of hydrogen-bond donors (Lipinski definition) is 4. The predicted molar refractivity (Wildman–Crippen MR) is 108 cm³/mol. The molecule has 4 N–H and O–H groups in total. The number of carbonyl (C=O) groups excluding carboxylic acids is 2. The Labute approximate surface area is 166 Å². The van der Waals surface area contributed by atoms with Gasteiger partial charge in [-0.2, -0.15) is 0 Å². The summed E-state index contributed by atoms with van der Waals surface area (Å²) in [5, 5.41) is 24.0. The lowest BCUT2D eigenvalue weighted by atomic mass is 10.3. The highest BCUT2D eigenvalue weighted by atomic mass is 32.2. The maximum Gasteiger partial charge on any atom is 0.230 e. The molecule has 0 heterocycles. The van der Waals surface area contributed by atoms with Crippen molar-refractivity contribution in [1.82, 2.24) is 10.6 Å². The topological polar surface area (TPSA) is 98.7 Å². The zero-order chi connectivity index (χ0) is 19.5. The third kappa shape index (κ3) is 8.74. The minimum atomic E-state index is -0.0673. The first-order valence-corrected chi connectivity index (χ1v) is 10.4. The molecule has 0 aromatic heterocycles. The van der Waals surface area contributed by atoms with Crippen LogP contribution in [0.25, 0.3) is 0 Å². The molecule has 2 aromatic rings. The van der Waals surface area contributed by atoms with Gasteiger partial charge in [0.25, 0.3) is 0 Å². The summed E-state index contributed by atoms with van der Waals surface area (Å²) in [6.07, 6.45) is 0.658. The molecule has 2 amide bonds. The van der Waals surface area contributed by atoms with Crippen LogP contribution in [0.5, 0.6) is 11.5 Å². The van der Waals surface area contributed by atoms with Gasteiger partial charge in [0.2, 0.25) is 11.8 Å². The second-order valence-corrected chi connectivity index (χ2v) is 7.72. The van der Waals surface area contributed by atoms with Crippen LogP contribution in [0.4, 0.5) is 0 Å². The van der Waals surface area contributed by atoms with Crippen LogP contribution in [0.15, 0.2) is 58.3 Å². The average molecular weight is 407 g/mol. The first kappa shape index (κ1) is 21.0. The SMILES string of the molecule is O=C(CSc1ccc(O)cc1)NCCCNC(=O)CSc1ccc(O)cc1. The van der Waals surface area contributed by atoms with E-state index in [0.29, 0.717) is 31.0 Å². The van der Waals surface area contributed by atoms with Gasteiger partial charge in [-0.15, -0.1) is 23.5 Å². The predicted octanol–water partition coefficient (Wildman–Crippen LogP) is 2.60. The Balaban J connectivity index is 1.50. The Bertz CT molecular complexity index is 673. The van der Waals surface area contributed by atoms with Gasteiger partial charge in [-0.3, -0.25) is 9.59 Å². The van der Waals surface area contributed by atoms with E-state index in [4.69, 9.17) is 0 Å². The Kier molecular flexibility index (Phi) is 8.86. The molecule has 0 saturated carbocycles. The minimum Gasteiger partial charge on any atom is -0.508 e. The molecule has 0 aliphatic carbocycles. The van der Waals surface area contributed by atoms with Crippen LogP contribution < -0.4 is 10.6 Å². The molecule has 0 unspecified atom stereocenters. The van der Waals surface area contributed by atoms with Crippen LogP contribution in [0.2, 0.25) is 0 Å².